The number of benzene rings is 3. The zero-order valence-electron chi connectivity index (χ0n) is 26.0. The maximum Gasteiger partial charge on any atom is 0.255 e. The summed E-state index contributed by atoms with van der Waals surface area (Å²) >= 11 is 1.73. The first-order chi connectivity index (χ1) is 23.1. The Labute approximate surface area is 277 Å². The van der Waals surface area contributed by atoms with E-state index in [1.807, 2.05) is 30.3 Å². The van der Waals surface area contributed by atoms with E-state index in [4.69, 9.17) is 19.4 Å². The van der Waals surface area contributed by atoms with Crippen LogP contribution in [0.3, 0.4) is 0 Å². The lowest BCUT2D eigenvalue weighted by Crippen LogP contribution is -2.46. The van der Waals surface area contributed by atoms with Crippen molar-refractivity contribution in [3.05, 3.63) is 84.6 Å². The molecule has 47 heavy (non-hydrogen) atoms. The van der Waals surface area contributed by atoms with Crippen LogP contribution < -0.4 is 25.0 Å². The quantitative estimate of drug-likeness (QED) is 0.209. The summed E-state index contributed by atoms with van der Waals surface area (Å²) in [5.41, 5.74) is 6.71. The molecule has 12 heteroatoms. The lowest BCUT2D eigenvalue weighted by Gasteiger charge is -2.35. The summed E-state index contributed by atoms with van der Waals surface area (Å²) in [5.74, 6) is 2.44. The number of imidazole rings is 1. The molecule has 0 saturated carbocycles. The molecule has 5 heterocycles. The minimum atomic E-state index is -0.234. The Morgan fingerprint density at radius 2 is 1.74 bits per heavy atom. The van der Waals surface area contributed by atoms with E-state index in [1.54, 1.807) is 36.2 Å². The third-order valence-electron chi connectivity index (χ3n) is 8.71. The van der Waals surface area contributed by atoms with Gasteiger partial charge in [-0.05, 0) is 67.2 Å². The molecule has 11 nitrogen and oxygen atoms in total. The van der Waals surface area contributed by atoms with Crippen molar-refractivity contribution in [1.82, 2.24) is 24.4 Å². The van der Waals surface area contributed by atoms with Gasteiger partial charge in [-0.3, -0.25) is 4.79 Å². The SMILES string of the molecule is CCN1CCN(c2ccc(Nc3nccc(-c4c(-c5cccc(NC(=O)c6ccc7c(c6)OCO7)c5)nc5n4CCS5)n3)cc2)CC1. The van der Waals surface area contributed by atoms with Crippen molar-refractivity contribution in [2.24, 2.45) is 0 Å². The summed E-state index contributed by atoms with van der Waals surface area (Å²) in [6, 6.07) is 23.3. The summed E-state index contributed by atoms with van der Waals surface area (Å²) in [4.78, 5) is 32.5. The van der Waals surface area contributed by atoms with Gasteiger partial charge >= 0.3 is 0 Å². The number of rotatable bonds is 8. The van der Waals surface area contributed by atoms with Gasteiger partial charge in [0.1, 0.15) is 0 Å². The molecule has 1 amide bonds. The Hall–Kier alpha value is -5.07. The Bertz CT molecular complexity index is 1940. The zero-order chi connectivity index (χ0) is 31.7. The topological polar surface area (TPSA) is 110 Å². The number of nitrogens with zero attached hydrogens (tertiary/aromatic N) is 6. The Kier molecular flexibility index (Phi) is 7.87. The third-order valence-corrected chi connectivity index (χ3v) is 9.67. The molecule has 2 aromatic heterocycles. The van der Waals surface area contributed by atoms with Crippen LogP contribution in [0, 0.1) is 0 Å². The fourth-order valence-electron chi connectivity index (χ4n) is 6.18. The van der Waals surface area contributed by atoms with Gasteiger partial charge in [0.2, 0.25) is 12.7 Å². The van der Waals surface area contributed by atoms with Crippen LogP contribution in [-0.4, -0.2) is 75.6 Å². The van der Waals surface area contributed by atoms with E-state index >= 15 is 0 Å². The highest BCUT2D eigenvalue weighted by molar-refractivity contribution is 7.99. The molecule has 8 rings (SSSR count). The van der Waals surface area contributed by atoms with Gasteiger partial charge in [0.15, 0.2) is 16.7 Å². The summed E-state index contributed by atoms with van der Waals surface area (Å²) in [5, 5.41) is 7.36. The number of piperazine rings is 1. The number of hydrogen-bond donors (Lipinski definition) is 2. The molecule has 2 N–H and O–H groups in total. The van der Waals surface area contributed by atoms with Crippen LogP contribution in [0.1, 0.15) is 17.3 Å². The van der Waals surface area contributed by atoms with Gasteiger partial charge in [0.25, 0.3) is 5.91 Å². The average Bonchev–Trinajstić information content (AvgIpc) is 3.85. The predicted octanol–water partition coefficient (Wildman–Crippen LogP) is 5.98. The molecule has 0 unspecified atom stereocenters. The van der Waals surface area contributed by atoms with E-state index in [0.29, 0.717) is 28.7 Å². The van der Waals surface area contributed by atoms with Gasteiger partial charge in [0.05, 0.1) is 17.1 Å². The van der Waals surface area contributed by atoms with Crippen LogP contribution in [0.25, 0.3) is 22.6 Å². The second-order valence-corrected chi connectivity index (χ2v) is 12.6. The van der Waals surface area contributed by atoms with Gasteiger partial charge in [0, 0.05) is 72.9 Å². The van der Waals surface area contributed by atoms with Crippen LogP contribution in [-0.2, 0) is 6.54 Å². The number of carbonyl (C=O) groups excluding carboxylic acids is 1. The average molecular weight is 647 g/mol. The smallest absolute Gasteiger partial charge is 0.255 e. The van der Waals surface area contributed by atoms with Gasteiger partial charge in [-0.2, -0.15) is 0 Å². The lowest BCUT2D eigenvalue weighted by atomic mass is 10.1. The number of aromatic nitrogens is 4. The summed E-state index contributed by atoms with van der Waals surface area (Å²) in [7, 11) is 0. The maximum absolute atomic E-state index is 13.1. The molecular weight excluding hydrogens is 613 g/mol. The Morgan fingerprint density at radius 3 is 2.60 bits per heavy atom. The Morgan fingerprint density at radius 1 is 0.894 bits per heavy atom. The summed E-state index contributed by atoms with van der Waals surface area (Å²) in [6.07, 6.45) is 1.78. The lowest BCUT2D eigenvalue weighted by molar-refractivity contribution is 0.102. The van der Waals surface area contributed by atoms with Crippen LogP contribution in [0.5, 0.6) is 11.5 Å². The summed E-state index contributed by atoms with van der Waals surface area (Å²) in [6.45, 7) is 8.58. The molecule has 238 valence electrons. The van der Waals surface area contributed by atoms with Crippen LogP contribution in [0.4, 0.5) is 23.0 Å². The molecule has 0 radical (unpaired) electrons. The third kappa shape index (κ3) is 5.97. The van der Waals surface area contributed by atoms with E-state index in [-0.39, 0.29) is 12.7 Å². The normalized spacial score (nSPS) is 15.5. The molecule has 0 aliphatic carbocycles. The molecule has 0 bridgehead atoms. The number of hydrogen-bond acceptors (Lipinski definition) is 10. The first kappa shape index (κ1) is 29.3. The highest BCUT2D eigenvalue weighted by Crippen LogP contribution is 2.39. The van der Waals surface area contributed by atoms with Crippen molar-refractivity contribution in [3.63, 3.8) is 0 Å². The van der Waals surface area contributed by atoms with Crippen LogP contribution in [0.2, 0.25) is 0 Å². The van der Waals surface area contributed by atoms with Crippen molar-refractivity contribution in [2.45, 2.75) is 18.6 Å². The number of nitrogens with one attached hydrogen (secondary N) is 2. The monoisotopic (exact) mass is 646 g/mol. The first-order valence-electron chi connectivity index (χ1n) is 15.8. The number of likely N-dealkylation sites (N-methyl/N-ethyl adjacent to an activating group) is 1. The van der Waals surface area contributed by atoms with Crippen LogP contribution >= 0.6 is 11.8 Å². The standard InChI is InChI=1S/C35H34N8O3S/c1-2-41-14-16-42(17-15-41)27-9-7-25(8-10-27)38-34-36-13-12-28(39-34)32-31(40-35-43(32)18-19-47-35)23-4-3-5-26(20-23)37-33(44)24-6-11-29-30(21-24)46-22-45-29/h3-13,20-21H,2,14-19,22H2,1H3,(H,37,44)(H,36,38,39). The number of fused-ring (bicyclic) bond motifs is 2. The fraction of sp³-hybridized carbons (Fsp3) is 0.257. The van der Waals surface area contributed by atoms with Gasteiger partial charge in [-0.15, -0.1) is 0 Å². The molecule has 0 spiro atoms. The minimum Gasteiger partial charge on any atom is -0.454 e. The van der Waals surface area contributed by atoms with E-state index in [1.165, 1.54) is 5.69 Å². The fourth-order valence-corrected chi connectivity index (χ4v) is 7.13. The second kappa shape index (κ2) is 12.6. The minimum absolute atomic E-state index is 0.159. The van der Waals surface area contributed by atoms with Crippen molar-refractivity contribution < 1.29 is 14.3 Å². The van der Waals surface area contributed by atoms with Gasteiger partial charge < -0.3 is 34.5 Å². The van der Waals surface area contributed by atoms with E-state index in [9.17, 15) is 4.79 Å². The van der Waals surface area contributed by atoms with E-state index in [0.717, 1.165) is 78.5 Å². The molecule has 1 saturated heterocycles. The molecule has 3 aliphatic rings. The Balaban J connectivity index is 1.03. The predicted molar refractivity (Wildman–Crippen MR) is 184 cm³/mol. The van der Waals surface area contributed by atoms with Crippen molar-refractivity contribution in [3.8, 4) is 34.1 Å². The molecule has 3 aliphatic heterocycles. The number of thioether (sulfide) groups is 1. The molecule has 1 fully saturated rings. The maximum atomic E-state index is 13.1. The van der Waals surface area contributed by atoms with Crippen molar-refractivity contribution >= 4 is 40.7 Å². The number of carbonyl (C=O) groups is 1. The largest absolute Gasteiger partial charge is 0.454 e. The van der Waals surface area contributed by atoms with Crippen molar-refractivity contribution in [2.75, 3.05) is 60.8 Å². The zero-order valence-corrected chi connectivity index (χ0v) is 26.8. The van der Waals surface area contributed by atoms with E-state index < -0.39 is 0 Å². The van der Waals surface area contributed by atoms with Crippen molar-refractivity contribution in [1.29, 1.82) is 0 Å². The molecular formula is C35H34N8O3S. The number of amides is 1. The first-order valence-corrected chi connectivity index (χ1v) is 16.8. The summed E-state index contributed by atoms with van der Waals surface area (Å²) < 4.78 is 13.0. The van der Waals surface area contributed by atoms with Gasteiger partial charge in [-0.1, -0.05) is 30.8 Å². The second-order valence-electron chi connectivity index (χ2n) is 11.6. The molecule has 5 aromatic rings. The molecule has 0 atom stereocenters. The number of anilines is 4. The highest BCUT2D eigenvalue weighted by Gasteiger charge is 2.25. The van der Waals surface area contributed by atoms with E-state index in [2.05, 4.69) is 61.2 Å². The van der Waals surface area contributed by atoms with Crippen LogP contribution in [0.15, 0.2) is 84.1 Å². The molecule has 3 aromatic carbocycles. The van der Waals surface area contributed by atoms with Gasteiger partial charge in [-0.25, -0.2) is 15.0 Å². The number of ether oxygens (including phenoxy) is 2. The highest BCUT2D eigenvalue weighted by atomic mass is 32.2.